The van der Waals surface area contributed by atoms with Gasteiger partial charge in [0.25, 0.3) is 0 Å². The molecular formula is C19H30N2O2. The standard InChI is InChI=1S/C19H30N2O2/c1-19(2,3)13-18(23)21-11-9-16(10-12-21)20-17(14-22)15-7-5-4-6-8-15/h4-8,16-17,20,22H,9-14H2,1-3H3/t17-/m1/s1. The molecule has 0 saturated carbocycles. The molecule has 1 aromatic carbocycles. The Morgan fingerprint density at radius 3 is 2.39 bits per heavy atom. The van der Waals surface area contributed by atoms with E-state index in [1.165, 1.54) is 0 Å². The molecule has 1 amide bonds. The van der Waals surface area contributed by atoms with Crippen molar-refractivity contribution < 1.29 is 9.90 Å². The summed E-state index contributed by atoms with van der Waals surface area (Å²) in [6, 6.07) is 10.4. The minimum Gasteiger partial charge on any atom is -0.394 e. The average Bonchev–Trinajstić information content (AvgIpc) is 2.52. The molecule has 0 spiro atoms. The van der Waals surface area contributed by atoms with Gasteiger partial charge in [0.1, 0.15) is 0 Å². The van der Waals surface area contributed by atoms with Crippen molar-refractivity contribution in [3.63, 3.8) is 0 Å². The fourth-order valence-electron chi connectivity index (χ4n) is 3.09. The van der Waals surface area contributed by atoms with Crippen LogP contribution >= 0.6 is 0 Å². The highest BCUT2D eigenvalue weighted by Crippen LogP contribution is 2.22. The van der Waals surface area contributed by atoms with E-state index < -0.39 is 0 Å². The molecule has 4 nitrogen and oxygen atoms in total. The Morgan fingerprint density at radius 1 is 1.26 bits per heavy atom. The van der Waals surface area contributed by atoms with Gasteiger partial charge in [-0.2, -0.15) is 0 Å². The van der Waals surface area contributed by atoms with Crippen LogP contribution < -0.4 is 5.32 Å². The molecule has 0 aliphatic carbocycles. The predicted octanol–water partition coefficient (Wildman–Crippen LogP) is 2.74. The summed E-state index contributed by atoms with van der Waals surface area (Å²) < 4.78 is 0. The van der Waals surface area contributed by atoms with Crippen LogP contribution in [0.15, 0.2) is 30.3 Å². The van der Waals surface area contributed by atoms with E-state index in [9.17, 15) is 9.90 Å². The number of amides is 1. The zero-order valence-corrected chi connectivity index (χ0v) is 14.6. The summed E-state index contributed by atoms with van der Waals surface area (Å²) in [5.41, 5.74) is 1.16. The number of carbonyl (C=O) groups excluding carboxylic acids is 1. The number of hydrogen-bond acceptors (Lipinski definition) is 3. The van der Waals surface area contributed by atoms with Crippen LogP contribution in [-0.2, 0) is 4.79 Å². The molecule has 1 saturated heterocycles. The Bertz CT molecular complexity index is 488. The lowest BCUT2D eigenvalue weighted by Crippen LogP contribution is -2.46. The Morgan fingerprint density at radius 2 is 1.87 bits per heavy atom. The number of hydrogen-bond donors (Lipinski definition) is 2. The van der Waals surface area contributed by atoms with Crippen LogP contribution in [0.25, 0.3) is 0 Å². The first-order chi connectivity index (χ1) is 10.9. The van der Waals surface area contributed by atoms with Crippen LogP contribution in [0.5, 0.6) is 0 Å². The number of nitrogens with one attached hydrogen (secondary N) is 1. The smallest absolute Gasteiger partial charge is 0.223 e. The first-order valence-electron chi connectivity index (χ1n) is 8.58. The molecule has 1 aliphatic rings. The average molecular weight is 318 g/mol. The second kappa shape index (κ2) is 7.93. The number of piperidine rings is 1. The summed E-state index contributed by atoms with van der Waals surface area (Å²) in [6.45, 7) is 8.01. The van der Waals surface area contributed by atoms with E-state index in [1.54, 1.807) is 0 Å². The summed E-state index contributed by atoms with van der Waals surface area (Å²) in [5.74, 6) is 0.262. The fourth-order valence-corrected chi connectivity index (χ4v) is 3.09. The largest absolute Gasteiger partial charge is 0.394 e. The van der Waals surface area contributed by atoms with Crippen LogP contribution in [0, 0.1) is 5.41 Å². The van der Waals surface area contributed by atoms with Gasteiger partial charge in [-0.15, -0.1) is 0 Å². The highest BCUT2D eigenvalue weighted by Gasteiger charge is 2.27. The third kappa shape index (κ3) is 5.63. The number of rotatable bonds is 5. The molecule has 23 heavy (non-hydrogen) atoms. The van der Waals surface area contributed by atoms with Crippen molar-refractivity contribution in [1.82, 2.24) is 10.2 Å². The van der Waals surface area contributed by atoms with Gasteiger partial charge in [0.15, 0.2) is 0 Å². The van der Waals surface area contributed by atoms with Crippen LogP contribution in [0.2, 0.25) is 0 Å². The van der Waals surface area contributed by atoms with Crippen molar-refractivity contribution in [2.75, 3.05) is 19.7 Å². The molecule has 4 heteroatoms. The Labute approximate surface area is 139 Å². The van der Waals surface area contributed by atoms with E-state index in [0.29, 0.717) is 12.5 Å². The number of aliphatic hydroxyl groups excluding tert-OH is 1. The molecule has 1 aliphatic heterocycles. The first-order valence-corrected chi connectivity index (χ1v) is 8.58. The molecule has 0 radical (unpaired) electrons. The summed E-state index contributed by atoms with van der Waals surface area (Å²) >= 11 is 0. The summed E-state index contributed by atoms with van der Waals surface area (Å²) in [5, 5.41) is 13.2. The van der Waals surface area contributed by atoms with E-state index >= 15 is 0 Å². The van der Waals surface area contributed by atoms with Crippen LogP contribution in [0.3, 0.4) is 0 Å². The monoisotopic (exact) mass is 318 g/mol. The highest BCUT2D eigenvalue weighted by atomic mass is 16.3. The number of carbonyl (C=O) groups is 1. The first kappa shape index (κ1) is 18.0. The summed E-state index contributed by atoms with van der Waals surface area (Å²) in [4.78, 5) is 14.3. The maximum Gasteiger partial charge on any atom is 0.223 e. The van der Waals surface area contributed by atoms with Gasteiger partial charge in [-0.05, 0) is 23.8 Å². The maximum absolute atomic E-state index is 12.3. The molecule has 0 unspecified atom stereocenters. The number of nitrogens with zero attached hydrogens (tertiary/aromatic N) is 1. The van der Waals surface area contributed by atoms with Gasteiger partial charge in [0.2, 0.25) is 5.91 Å². The maximum atomic E-state index is 12.3. The number of benzene rings is 1. The normalized spacial score (nSPS) is 18.0. The van der Waals surface area contributed by atoms with Gasteiger partial charge in [0, 0.05) is 25.6 Å². The molecular weight excluding hydrogens is 288 g/mol. The topological polar surface area (TPSA) is 52.6 Å². The molecule has 0 bridgehead atoms. The minimum atomic E-state index is -0.0296. The summed E-state index contributed by atoms with van der Waals surface area (Å²) in [7, 11) is 0. The van der Waals surface area contributed by atoms with Crippen molar-refractivity contribution in [2.45, 2.75) is 52.1 Å². The van der Waals surface area contributed by atoms with Crippen molar-refractivity contribution in [2.24, 2.45) is 5.41 Å². The van der Waals surface area contributed by atoms with E-state index in [0.717, 1.165) is 31.5 Å². The lowest BCUT2D eigenvalue weighted by molar-refractivity contribution is -0.134. The molecule has 1 fully saturated rings. The van der Waals surface area contributed by atoms with Gasteiger partial charge >= 0.3 is 0 Å². The molecule has 1 atom stereocenters. The van der Waals surface area contributed by atoms with Crippen molar-refractivity contribution in [3.8, 4) is 0 Å². The highest BCUT2D eigenvalue weighted by molar-refractivity contribution is 5.76. The third-order valence-electron chi connectivity index (χ3n) is 4.35. The lowest BCUT2D eigenvalue weighted by Gasteiger charge is -2.35. The second-order valence-corrected chi connectivity index (χ2v) is 7.71. The van der Waals surface area contributed by atoms with Crippen LogP contribution in [-0.4, -0.2) is 41.7 Å². The number of aliphatic hydroxyl groups is 1. The molecule has 2 N–H and O–H groups in total. The van der Waals surface area contributed by atoms with E-state index in [4.69, 9.17) is 0 Å². The van der Waals surface area contributed by atoms with Gasteiger partial charge in [-0.25, -0.2) is 0 Å². The molecule has 128 valence electrons. The predicted molar refractivity (Wildman–Crippen MR) is 93.1 cm³/mol. The Kier molecular flexibility index (Phi) is 6.19. The summed E-state index contributed by atoms with van der Waals surface area (Å²) in [6.07, 6.45) is 2.49. The SMILES string of the molecule is CC(C)(C)CC(=O)N1CCC(N[C@H](CO)c2ccccc2)CC1. The minimum absolute atomic E-state index is 0.0296. The van der Waals surface area contributed by atoms with Gasteiger partial charge < -0.3 is 15.3 Å². The van der Waals surface area contributed by atoms with Crippen LogP contribution in [0.4, 0.5) is 0 Å². The van der Waals surface area contributed by atoms with Crippen LogP contribution in [0.1, 0.15) is 51.6 Å². The third-order valence-corrected chi connectivity index (χ3v) is 4.35. The quantitative estimate of drug-likeness (QED) is 0.878. The van der Waals surface area contributed by atoms with E-state index in [1.807, 2.05) is 35.2 Å². The van der Waals surface area contributed by atoms with Crippen molar-refractivity contribution in [1.29, 1.82) is 0 Å². The van der Waals surface area contributed by atoms with E-state index in [-0.39, 0.29) is 24.0 Å². The van der Waals surface area contributed by atoms with Gasteiger partial charge in [-0.1, -0.05) is 51.1 Å². The van der Waals surface area contributed by atoms with Crippen molar-refractivity contribution in [3.05, 3.63) is 35.9 Å². The lowest BCUT2D eigenvalue weighted by atomic mass is 9.91. The molecule has 1 aromatic rings. The fraction of sp³-hybridized carbons (Fsp3) is 0.632. The van der Waals surface area contributed by atoms with Gasteiger partial charge in [-0.3, -0.25) is 4.79 Å². The molecule has 1 heterocycles. The Balaban J connectivity index is 1.83. The second-order valence-electron chi connectivity index (χ2n) is 7.71. The van der Waals surface area contributed by atoms with Gasteiger partial charge in [0.05, 0.1) is 12.6 Å². The zero-order valence-electron chi connectivity index (χ0n) is 14.6. The number of likely N-dealkylation sites (tertiary alicyclic amines) is 1. The molecule has 2 rings (SSSR count). The zero-order chi connectivity index (χ0) is 16.9. The molecule has 0 aromatic heterocycles. The van der Waals surface area contributed by atoms with E-state index in [2.05, 4.69) is 26.1 Å². The van der Waals surface area contributed by atoms with Crippen molar-refractivity contribution >= 4 is 5.91 Å². The Hall–Kier alpha value is -1.39.